The Morgan fingerprint density at radius 3 is 1.87 bits per heavy atom. The fraction of sp³-hybridized carbons (Fsp3) is 0.435. The molecule has 2 aromatic rings. The van der Waals surface area contributed by atoms with Gasteiger partial charge in [-0.25, -0.2) is 8.42 Å². The van der Waals surface area contributed by atoms with Crippen LogP contribution in [0.5, 0.6) is 0 Å². The van der Waals surface area contributed by atoms with Crippen LogP contribution in [0.4, 0.5) is 0 Å². The van der Waals surface area contributed by atoms with Crippen LogP contribution in [0.15, 0.2) is 60.7 Å². The smallest absolute Gasteiger partial charge is 0.0728 e. The van der Waals surface area contributed by atoms with Gasteiger partial charge >= 0.3 is 27.0 Å². The molecular formula is C23H31ClN2O2RuS. The largest absolute Gasteiger partial charge is 0.672 e. The monoisotopic (exact) mass is 536 g/mol. The molecule has 1 aliphatic rings. The van der Waals surface area contributed by atoms with Gasteiger partial charge in [0.25, 0.3) is 0 Å². The van der Waals surface area contributed by atoms with Gasteiger partial charge in [-0.05, 0) is 18.8 Å². The van der Waals surface area contributed by atoms with Gasteiger partial charge in [-0.1, -0.05) is 97.5 Å². The topological polar surface area (TPSA) is 72.0 Å². The zero-order valence-electron chi connectivity index (χ0n) is 17.4. The van der Waals surface area contributed by atoms with Gasteiger partial charge in [0.1, 0.15) is 0 Å². The van der Waals surface area contributed by atoms with Crippen LogP contribution in [-0.2, 0) is 27.3 Å². The van der Waals surface area contributed by atoms with E-state index < -0.39 is 22.1 Å². The third-order valence-corrected chi connectivity index (χ3v) is 6.75. The summed E-state index contributed by atoms with van der Waals surface area (Å²) in [6.07, 6.45) is 6.54. The summed E-state index contributed by atoms with van der Waals surface area (Å²) < 4.78 is 30.0. The van der Waals surface area contributed by atoms with Crippen LogP contribution < -0.4 is 0 Å². The maximum Gasteiger partial charge on any atom is 0.0728 e. The average molecular weight is 536 g/mol. The molecular weight excluding hydrogens is 505 g/mol. The molecule has 0 bridgehead atoms. The zero-order valence-corrected chi connectivity index (χ0v) is 20.7. The molecule has 3 rings (SSSR count). The molecule has 2 atom stereocenters. The van der Waals surface area contributed by atoms with E-state index in [0.717, 1.165) is 36.8 Å². The van der Waals surface area contributed by atoms with Crippen LogP contribution in [0.3, 0.4) is 0 Å². The number of hydrogen-bond acceptors (Lipinski definition) is 2. The third kappa shape index (κ3) is 8.76. The van der Waals surface area contributed by atoms with Gasteiger partial charge in [-0.2, -0.15) is 0 Å². The Bertz CT molecular complexity index is 798. The first kappa shape index (κ1) is 27.3. The van der Waals surface area contributed by atoms with Crippen molar-refractivity contribution in [3.8, 4) is 0 Å². The van der Waals surface area contributed by atoms with E-state index in [-0.39, 0.29) is 19.1 Å². The van der Waals surface area contributed by atoms with Gasteiger partial charge in [0.05, 0.1) is 10.0 Å². The van der Waals surface area contributed by atoms with Crippen molar-refractivity contribution in [2.45, 2.75) is 50.6 Å². The van der Waals surface area contributed by atoms with Crippen LogP contribution in [0.1, 0.15) is 61.7 Å². The second kappa shape index (κ2) is 14.3. The molecule has 0 heterocycles. The summed E-state index contributed by atoms with van der Waals surface area (Å²) in [5, 5.41) is 0. The molecule has 30 heavy (non-hydrogen) atoms. The van der Waals surface area contributed by atoms with E-state index in [2.05, 4.69) is 14.4 Å². The Morgan fingerprint density at radius 1 is 0.900 bits per heavy atom. The first-order chi connectivity index (χ1) is 14.1. The van der Waals surface area contributed by atoms with Crippen molar-refractivity contribution in [1.82, 2.24) is 0 Å². The Hall–Kier alpha value is -0.777. The molecule has 1 N–H and O–H groups in total. The summed E-state index contributed by atoms with van der Waals surface area (Å²) in [6.45, 7) is 0. The van der Waals surface area contributed by atoms with Gasteiger partial charge in [0.15, 0.2) is 0 Å². The number of nitrogens with one attached hydrogen (secondary N) is 1. The fourth-order valence-electron chi connectivity index (χ4n) is 3.85. The number of rotatable bonds is 7. The second-order valence-electron chi connectivity index (χ2n) is 7.46. The van der Waals surface area contributed by atoms with Gasteiger partial charge in [-0.15, -0.1) is 12.1 Å². The van der Waals surface area contributed by atoms with Crippen molar-refractivity contribution < 1.29 is 25.7 Å². The summed E-state index contributed by atoms with van der Waals surface area (Å²) in [6, 6.07) is 17.2. The minimum Gasteiger partial charge on any atom is -0.672 e. The molecule has 1 fully saturated rings. The summed E-state index contributed by atoms with van der Waals surface area (Å²) in [5.41, 5.74) is 10.2. The van der Waals surface area contributed by atoms with E-state index in [0.29, 0.717) is 0 Å². The van der Waals surface area contributed by atoms with E-state index in [1.54, 1.807) is 0 Å². The first-order valence-corrected chi connectivity index (χ1v) is 13.8. The maximum atomic E-state index is 12.9. The number of halogens is 1. The molecule has 0 aliphatic heterocycles. The van der Waals surface area contributed by atoms with Crippen molar-refractivity contribution >= 4 is 19.7 Å². The molecule has 0 radical (unpaired) electrons. The average Bonchev–Trinajstić information content (AvgIpc) is 3.02. The molecule has 0 spiro atoms. The van der Waals surface area contributed by atoms with Crippen molar-refractivity contribution in [2.24, 2.45) is 5.92 Å². The summed E-state index contributed by atoms with van der Waals surface area (Å²) in [5.74, 6) is 0.302. The molecule has 0 aromatic heterocycles. The SMILES string of the molecule is [CH3-].[Cl][Ru+3].[NH-]C(c1ccccc1)C([N-]S(=O)(=O)CC1CCCCCC1)c1ccccc1. The molecule has 1 aliphatic carbocycles. The van der Waals surface area contributed by atoms with Crippen LogP contribution in [0.25, 0.3) is 10.5 Å². The van der Waals surface area contributed by atoms with Crippen molar-refractivity contribution in [3.63, 3.8) is 0 Å². The Morgan fingerprint density at radius 2 is 1.37 bits per heavy atom. The van der Waals surface area contributed by atoms with Crippen LogP contribution in [0.2, 0.25) is 0 Å². The van der Waals surface area contributed by atoms with E-state index in [4.69, 9.17) is 5.73 Å². The predicted molar refractivity (Wildman–Crippen MR) is 123 cm³/mol. The van der Waals surface area contributed by atoms with Gasteiger partial charge < -0.3 is 17.9 Å². The Kier molecular flexibility index (Phi) is 13.0. The number of hydrogen-bond donors (Lipinski definition) is 0. The molecule has 2 unspecified atom stereocenters. The third-order valence-electron chi connectivity index (χ3n) is 5.31. The molecule has 1 saturated carbocycles. The van der Waals surface area contributed by atoms with Gasteiger partial charge in [0, 0.05) is 5.75 Å². The van der Waals surface area contributed by atoms with E-state index in [9.17, 15) is 8.42 Å². The number of nitrogens with zero attached hydrogens (tertiary/aromatic N) is 1. The van der Waals surface area contributed by atoms with Gasteiger partial charge in [0.2, 0.25) is 0 Å². The maximum absolute atomic E-state index is 12.9. The van der Waals surface area contributed by atoms with Crippen LogP contribution in [0, 0.1) is 13.3 Å². The molecule has 4 nitrogen and oxygen atoms in total. The Balaban J connectivity index is 0.00000146. The first-order valence-electron chi connectivity index (χ1n) is 9.94. The van der Waals surface area contributed by atoms with Crippen molar-refractivity contribution in [1.29, 1.82) is 0 Å². The minimum atomic E-state index is -3.59. The zero-order chi connectivity index (χ0) is 21.1. The van der Waals surface area contributed by atoms with Crippen LogP contribution >= 0.6 is 9.69 Å². The predicted octanol–water partition coefficient (Wildman–Crippen LogP) is 7.33. The summed E-state index contributed by atoms with van der Waals surface area (Å²) in [7, 11) is 0.976. The fourth-order valence-corrected chi connectivity index (χ4v) is 5.46. The molecule has 166 valence electrons. The normalized spacial score (nSPS) is 16.9. The minimum absolute atomic E-state index is 0. The molecule has 2 aromatic carbocycles. The van der Waals surface area contributed by atoms with Gasteiger partial charge in [-0.3, -0.25) is 0 Å². The van der Waals surface area contributed by atoms with Crippen LogP contribution in [-0.4, -0.2) is 14.2 Å². The van der Waals surface area contributed by atoms with Crippen molar-refractivity contribution in [3.05, 3.63) is 89.7 Å². The number of benzene rings is 2. The van der Waals surface area contributed by atoms with Crippen molar-refractivity contribution in [2.75, 3.05) is 5.75 Å². The standard InChI is InChI=1S/C22H28N2O2S.CH3.ClH.Ru/c23-21(19-13-7-3-8-14-19)22(20-15-9-4-10-16-20)24-27(25,26)17-18-11-5-1-2-6-12-18;;;/h3-4,7-10,13-16,18,21-23H,1-2,5-6,11-12,17H2;1H3;1H;/q-2;-1;;+4/p-1. The summed E-state index contributed by atoms with van der Waals surface area (Å²) >= 11 is 1.82. The molecule has 0 amide bonds. The van der Waals surface area contributed by atoms with E-state index in [1.807, 2.05) is 78.0 Å². The molecule has 0 saturated heterocycles. The van der Waals surface area contributed by atoms with E-state index in [1.165, 1.54) is 12.8 Å². The Labute approximate surface area is 196 Å². The number of sulfonamides is 1. The summed E-state index contributed by atoms with van der Waals surface area (Å²) in [4.78, 5) is 0. The van der Waals surface area contributed by atoms with E-state index >= 15 is 0 Å². The quantitative estimate of drug-likeness (QED) is 0.211. The second-order valence-corrected chi connectivity index (χ2v) is 9.16. The molecule has 7 heteroatoms.